The van der Waals surface area contributed by atoms with E-state index >= 15 is 0 Å². The van der Waals surface area contributed by atoms with E-state index in [4.69, 9.17) is 9.16 Å². The average molecular weight is 200 g/mol. The lowest BCUT2D eigenvalue weighted by atomic mass is 10.3. The molecule has 1 aromatic rings. The van der Waals surface area contributed by atoms with Crippen LogP contribution >= 0.6 is 0 Å². The van der Waals surface area contributed by atoms with Gasteiger partial charge in [0.1, 0.15) is 11.6 Å². The topological polar surface area (TPSA) is 18.5 Å². The molecule has 1 aromatic carbocycles. The number of methoxy groups -OCH3 is 1. The SMILES string of the molecule is COc1cc(F)ccc1O[SiH](C)C. The van der Waals surface area contributed by atoms with E-state index in [1.807, 2.05) is 13.1 Å². The Morgan fingerprint density at radius 3 is 2.46 bits per heavy atom. The predicted octanol–water partition coefficient (Wildman–Crippen LogP) is 2.20. The van der Waals surface area contributed by atoms with Crippen molar-refractivity contribution < 1.29 is 13.6 Å². The van der Waals surface area contributed by atoms with Gasteiger partial charge in [0.25, 0.3) is 0 Å². The van der Waals surface area contributed by atoms with E-state index in [-0.39, 0.29) is 5.82 Å². The molecular formula is C9H13FO2Si. The molecule has 0 fully saturated rings. The fraction of sp³-hybridized carbons (Fsp3) is 0.333. The summed E-state index contributed by atoms with van der Waals surface area (Å²) in [5.41, 5.74) is 0. The van der Waals surface area contributed by atoms with Crippen LogP contribution in [0, 0.1) is 5.82 Å². The Balaban J connectivity index is 2.92. The molecule has 0 amide bonds. The average Bonchev–Trinajstić information content (AvgIpc) is 2.07. The van der Waals surface area contributed by atoms with Crippen LogP contribution in [0.1, 0.15) is 0 Å². The minimum absolute atomic E-state index is 0.311. The Kier molecular flexibility index (Phi) is 3.30. The van der Waals surface area contributed by atoms with Crippen LogP contribution in [-0.2, 0) is 0 Å². The van der Waals surface area contributed by atoms with Crippen molar-refractivity contribution in [2.24, 2.45) is 0 Å². The Hall–Kier alpha value is -1.03. The molecule has 0 aliphatic carbocycles. The largest absolute Gasteiger partial charge is 0.544 e. The Labute approximate surface area is 79.0 Å². The molecule has 4 heteroatoms. The molecule has 1 rings (SSSR count). The Morgan fingerprint density at radius 2 is 1.92 bits per heavy atom. The maximum Gasteiger partial charge on any atom is 0.229 e. The normalized spacial score (nSPS) is 10.2. The lowest BCUT2D eigenvalue weighted by molar-refractivity contribution is 0.391. The first kappa shape index (κ1) is 10.1. The van der Waals surface area contributed by atoms with Crippen LogP contribution in [0.4, 0.5) is 4.39 Å². The number of benzene rings is 1. The third kappa shape index (κ3) is 2.73. The second kappa shape index (κ2) is 4.27. The Morgan fingerprint density at radius 1 is 1.23 bits per heavy atom. The van der Waals surface area contributed by atoms with Crippen LogP contribution < -0.4 is 9.16 Å². The van der Waals surface area contributed by atoms with Crippen molar-refractivity contribution in [3.05, 3.63) is 24.0 Å². The first-order valence-electron chi connectivity index (χ1n) is 4.13. The van der Waals surface area contributed by atoms with E-state index in [1.54, 1.807) is 6.07 Å². The third-order valence-corrected chi connectivity index (χ3v) is 2.21. The van der Waals surface area contributed by atoms with Crippen LogP contribution in [0.2, 0.25) is 13.1 Å². The zero-order chi connectivity index (χ0) is 9.84. The molecule has 0 unspecified atom stereocenters. The van der Waals surface area contributed by atoms with Gasteiger partial charge in [0.2, 0.25) is 9.04 Å². The van der Waals surface area contributed by atoms with Crippen molar-refractivity contribution in [3.8, 4) is 11.5 Å². The summed E-state index contributed by atoms with van der Waals surface area (Å²) in [4.78, 5) is 0. The van der Waals surface area contributed by atoms with Gasteiger partial charge in [-0.1, -0.05) is 0 Å². The standard InChI is InChI=1S/C9H13FO2Si/c1-11-9-6-7(10)4-5-8(9)12-13(2)3/h4-6,13H,1-3H3. The van der Waals surface area contributed by atoms with Crippen LogP contribution in [0.25, 0.3) is 0 Å². The molecule has 0 spiro atoms. The fourth-order valence-electron chi connectivity index (χ4n) is 0.993. The highest BCUT2D eigenvalue weighted by Gasteiger charge is 2.07. The zero-order valence-electron chi connectivity index (χ0n) is 8.00. The summed E-state index contributed by atoms with van der Waals surface area (Å²) < 4.78 is 23.3. The number of ether oxygens (including phenoxy) is 1. The number of hydrogen-bond acceptors (Lipinski definition) is 2. The molecule has 0 N–H and O–H groups in total. The lowest BCUT2D eigenvalue weighted by Gasteiger charge is -2.12. The van der Waals surface area contributed by atoms with Gasteiger partial charge in [-0.3, -0.25) is 0 Å². The van der Waals surface area contributed by atoms with Crippen molar-refractivity contribution in [3.63, 3.8) is 0 Å². The molecule has 0 atom stereocenters. The molecule has 2 nitrogen and oxygen atoms in total. The van der Waals surface area contributed by atoms with E-state index in [2.05, 4.69) is 0 Å². The summed E-state index contributed by atoms with van der Waals surface area (Å²) in [5.74, 6) is 0.779. The van der Waals surface area contributed by atoms with Gasteiger partial charge in [0.15, 0.2) is 5.75 Å². The van der Waals surface area contributed by atoms with E-state index in [0.717, 1.165) is 0 Å². The van der Waals surface area contributed by atoms with E-state index in [0.29, 0.717) is 11.5 Å². The minimum Gasteiger partial charge on any atom is -0.544 e. The first-order valence-corrected chi connectivity index (χ1v) is 6.91. The van der Waals surface area contributed by atoms with Gasteiger partial charge in [-0.05, 0) is 25.2 Å². The maximum absolute atomic E-state index is 12.7. The molecule has 0 saturated carbocycles. The van der Waals surface area contributed by atoms with Gasteiger partial charge < -0.3 is 9.16 Å². The van der Waals surface area contributed by atoms with Crippen molar-refractivity contribution in [1.82, 2.24) is 0 Å². The molecule has 0 saturated heterocycles. The summed E-state index contributed by atoms with van der Waals surface area (Å²) in [6.45, 7) is 4.09. The highest BCUT2D eigenvalue weighted by atomic mass is 28.3. The van der Waals surface area contributed by atoms with Crippen molar-refractivity contribution in [1.29, 1.82) is 0 Å². The van der Waals surface area contributed by atoms with Crippen molar-refractivity contribution in [2.45, 2.75) is 13.1 Å². The summed E-state index contributed by atoms with van der Waals surface area (Å²) in [5, 5.41) is 0. The number of halogens is 1. The molecule has 0 bridgehead atoms. The van der Waals surface area contributed by atoms with E-state index < -0.39 is 9.04 Å². The molecule has 0 radical (unpaired) electrons. The summed E-state index contributed by atoms with van der Waals surface area (Å²) in [6.07, 6.45) is 0. The minimum atomic E-state index is -1.16. The van der Waals surface area contributed by atoms with Crippen LogP contribution in [0.3, 0.4) is 0 Å². The van der Waals surface area contributed by atoms with Gasteiger partial charge in [-0.25, -0.2) is 4.39 Å². The molecule has 13 heavy (non-hydrogen) atoms. The smallest absolute Gasteiger partial charge is 0.229 e. The highest BCUT2D eigenvalue weighted by Crippen LogP contribution is 2.27. The van der Waals surface area contributed by atoms with Gasteiger partial charge in [0.05, 0.1) is 7.11 Å². The van der Waals surface area contributed by atoms with Crippen LogP contribution in [0.15, 0.2) is 18.2 Å². The highest BCUT2D eigenvalue weighted by molar-refractivity contribution is 6.49. The third-order valence-electron chi connectivity index (χ3n) is 1.49. The number of hydrogen-bond donors (Lipinski definition) is 0. The molecule has 0 aromatic heterocycles. The zero-order valence-corrected chi connectivity index (χ0v) is 9.16. The quantitative estimate of drug-likeness (QED) is 0.696. The fourth-order valence-corrected chi connectivity index (χ4v) is 1.70. The van der Waals surface area contributed by atoms with E-state index in [9.17, 15) is 4.39 Å². The van der Waals surface area contributed by atoms with Crippen molar-refractivity contribution >= 4 is 9.04 Å². The van der Waals surface area contributed by atoms with Crippen molar-refractivity contribution in [2.75, 3.05) is 7.11 Å². The molecule has 0 aliphatic heterocycles. The monoisotopic (exact) mass is 200 g/mol. The van der Waals surface area contributed by atoms with E-state index in [1.165, 1.54) is 19.2 Å². The molecule has 0 heterocycles. The van der Waals surface area contributed by atoms with Gasteiger partial charge in [-0.2, -0.15) is 0 Å². The summed E-state index contributed by atoms with van der Waals surface area (Å²) >= 11 is 0. The predicted molar refractivity (Wildman–Crippen MR) is 52.5 cm³/mol. The number of rotatable bonds is 3. The second-order valence-corrected chi connectivity index (χ2v) is 5.29. The van der Waals surface area contributed by atoms with Gasteiger partial charge in [0, 0.05) is 6.07 Å². The van der Waals surface area contributed by atoms with Crippen LogP contribution in [0.5, 0.6) is 11.5 Å². The van der Waals surface area contributed by atoms with Crippen LogP contribution in [-0.4, -0.2) is 16.2 Å². The Bertz CT molecular complexity index is 289. The maximum atomic E-state index is 12.7. The van der Waals surface area contributed by atoms with Gasteiger partial charge in [-0.15, -0.1) is 0 Å². The molecule has 0 aliphatic rings. The summed E-state index contributed by atoms with van der Waals surface area (Å²) in [6, 6.07) is 4.29. The first-order chi connectivity index (χ1) is 6.13. The van der Waals surface area contributed by atoms with Gasteiger partial charge >= 0.3 is 0 Å². The molecular weight excluding hydrogens is 187 g/mol. The lowest BCUT2D eigenvalue weighted by Crippen LogP contribution is -2.11. The molecule has 72 valence electrons. The second-order valence-electron chi connectivity index (χ2n) is 2.96. The summed E-state index contributed by atoms with van der Waals surface area (Å²) in [7, 11) is 0.346.